The molecule has 0 radical (unpaired) electrons. The maximum Gasteiger partial charge on any atom is 0.392 e. The van der Waals surface area contributed by atoms with E-state index in [9.17, 15) is 18.0 Å². The smallest absolute Gasteiger partial charge is 0.299 e. The molecular weight excluding hydrogens is 229 g/mol. The first-order valence-electron chi connectivity index (χ1n) is 6.58. The zero-order valence-corrected chi connectivity index (χ0v) is 9.93. The van der Waals surface area contributed by atoms with Crippen LogP contribution in [0.25, 0.3) is 0 Å². The Kier molecular flexibility index (Phi) is 3.79. The number of hydrogen-bond acceptors (Lipinski definition) is 1. The molecule has 2 unspecified atom stereocenters. The van der Waals surface area contributed by atoms with Gasteiger partial charge in [-0.15, -0.1) is 0 Å². The van der Waals surface area contributed by atoms with Gasteiger partial charge in [-0.1, -0.05) is 32.1 Å². The molecule has 0 saturated heterocycles. The molecule has 2 atom stereocenters. The maximum atomic E-state index is 12.8. The highest BCUT2D eigenvalue weighted by Gasteiger charge is 2.47. The van der Waals surface area contributed by atoms with E-state index in [1.54, 1.807) is 0 Å². The monoisotopic (exact) mass is 248 g/mol. The van der Waals surface area contributed by atoms with Gasteiger partial charge < -0.3 is 0 Å². The van der Waals surface area contributed by atoms with Crippen LogP contribution in [0.1, 0.15) is 51.4 Å². The summed E-state index contributed by atoms with van der Waals surface area (Å²) in [6.45, 7) is 0. The molecule has 0 aromatic carbocycles. The van der Waals surface area contributed by atoms with Crippen LogP contribution in [0.2, 0.25) is 0 Å². The van der Waals surface area contributed by atoms with Crippen LogP contribution in [-0.2, 0) is 4.79 Å². The number of carbonyl (C=O) groups excluding carboxylic acids is 1. The molecule has 2 aliphatic rings. The largest absolute Gasteiger partial charge is 0.392 e. The van der Waals surface area contributed by atoms with Crippen molar-refractivity contribution in [1.82, 2.24) is 0 Å². The molecule has 0 heterocycles. The zero-order valence-electron chi connectivity index (χ0n) is 9.93. The number of hydrogen-bond donors (Lipinski definition) is 0. The summed E-state index contributed by atoms with van der Waals surface area (Å²) >= 11 is 0. The molecule has 2 aliphatic carbocycles. The Bertz CT molecular complexity index is 281. The van der Waals surface area contributed by atoms with Gasteiger partial charge in [0.2, 0.25) is 0 Å². The SMILES string of the molecule is O=C(CC1CCC1)C1CCCCC1C(F)(F)F. The number of ketones is 1. The third-order valence-corrected chi connectivity index (χ3v) is 4.31. The molecule has 2 rings (SSSR count). The number of rotatable bonds is 3. The first kappa shape index (κ1) is 12.9. The van der Waals surface area contributed by atoms with Crippen molar-refractivity contribution in [2.75, 3.05) is 0 Å². The predicted octanol–water partition coefficient (Wildman–Crippen LogP) is 4.11. The van der Waals surface area contributed by atoms with Crippen LogP contribution in [0.3, 0.4) is 0 Å². The first-order chi connectivity index (χ1) is 7.98. The highest BCUT2D eigenvalue weighted by Crippen LogP contribution is 2.43. The molecule has 17 heavy (non-hydrogen) atoms. The van der Waals surface area contributed by atoms with Gasteiger partial charge in [0.15, 0.2) is 0 Å². The summed E-state index contributed by atoms with van der Waals surface area (Å²) in [4.78, 5) is 12.0. The maximum absolute atomic E-state index is 12.8. The molecule has 0 aromatic heterocycles. The lowest BCUT2D eigenvalue weighted by Crippen LogP contribution is -2.38. The fourth-order valence-corrected chi connectivity index (χ4v) is 3.04. The number of halogens is 3. The van der Waals surface area contributed by atoms with Gasteiger partial charge in [-0.2, -0.15) is 13.2 Å². The molecular formula is C13H19F3O. The van der Waals surface area contributed by atoms with E-state index in [4.69, 9.17) is 0 Å². The Morgan fingerprint density at radius 1 is 1.00 bits per heavy atom. The lowest BCUT2D eigenvalue weighted by Gasteiger charge is -2.34. The Morgan fingerprint density at radius 3 is 2.18 bits per heavy atom. The van der Waals surface area contributed by atoms with Gasteiger partial charge in [-0.05, 0) is 18.8 Å². The normalized spacial score (nSPS) is 31.0. The molecule has 0 spiro atoms. The van der Waals surface area contributed by atoms with Crippen molar-refractivity contribution in [2.24, 2.45) is 17.8 Å². The summed E-state index contributed by atoms with van der Waals surface area (Å²) in [6.07, 6.45) is 1.33. The Hall–Kier alpha value is -0.540. The molecule has 2 fully saturated rings. The summed E-state index contributed by atoms with van der Waals surface area (Å²) < 4.78 is 38.5. The fourth-order valence-electron chi connectivity index (χ4n) is 3.04. The predicted molar refractivity (Wildman–Crippen MR) is 58.5 cm³/mol. The number of alkyl halides is 3. The second-order valence-corrected chi connectivity index (χ2v) is 5.51. The van der Waals surface area contributed by atoms with E-state index in [2.05, 4.69) is 0 Å². The topological polar surface area (TPSA) is 17.1 Å². The van der Waals surface area contributed by atoms with E-state index in [1.807, 2.05) is 0 Å². The van der Waals surface area contributed by atoms with E-state index < -0.39 is 18.0 Å². The first-order valence-corrected chi connectivity index (χ1v) is 6.58. The molecule has 2 saturated carbocycles. The van der Waals surface area contributed by atoms with Crippen LogP contribution in [-0.4, -0.2) is 12.0 Å². The van der Waals surface area contributed by atoms with Crippen LogP contribution in [0.15, 0.2) is 0 Å². The van der Waals surface area contributed by atoms with Gasteiger partial charge >= 0.3 is 6.18 Å². The molecule has 0 N–H and O–H groups in total. The molecule has 0 bridgehead atoms. The van der Waals surface area contributed by atoms with Crippen molar-refractivity contribution in [3.05, 3.63) is 0 Å². The average molecular weight is 248 g/mol. The van der Waals surface area contributed by atoms with E-state index in [0.717, 1.165) is 25.7 Å². The van der Waals surface area contributed by atoms with E-state index in [-0.39, 0.29) is 12.2 Å². The highest BCUT2D eigenvalue weighted by atomic mass is 19.4. The molecule has 0 aliphatic heterocycles. The summed E-state index contributed by atoms with van der Waals surface area (Å²) in [5, 5.41) is 0. The van der Waals surface area contributed by atoms with Crippen molar-refractivity contribution >= 4 is 5.78 Å². The van der Waals surface area contributed by atoms with Crippen LogP contribution < -0.4 is 0 Å². The minimum Gasteiger partial charge on any atom is -0.299 e. The van der Waals surface area contributed by atoms with Crippen LogP contribution >= 0.6 is 0 Å². The standard InChI is InChI=1S/C13H19F3O/c14-13(15,16)11-7-2-1-6-10(11)12(17)8-9-4-3-5-9/h9-11H,1-8H2. The lowest BCUT2D eigenvalue weighted by molar-refractivity contribution is -0.198. The molecule has 4 heteroatoms. The van der Waals surface area contributed by atoms with Gasteiger partial charge in [0.1, 0.15) is 5.78 Å². The number of Topliss-reactive ketones (excluding diaryl/α,β-unsaturated/α-hetero) is 1. The van der Waals surface area contributed by atoms with Gasteiger partial charge in [-0.25, -0.2) is 0 Å². The van der Waals surface area contributed by atoms with Gasteiger partial charge in [0.25, 0.3) is 0 Å². The summed E-state index contributed by atoms with van der Waals surface area (Å²) in [5.41, 5.74) is 0. The second kappa shape index (κ2) is 4.99. The highest BCUT2D eigenvalue weighted by molar-refractivity contribution is 5.81. The second-order valence-electron chi connectivity index (χ2n) is 5.51. The van der Waals surface area contributed by atoms with E-state index in [1.165, 1.54) is 0 Å². The van der Waals surface area contributed by atoms with Gasteiger partial charge in [0, 0.05) is 12.3 Å². The Labute approximate surface area is 99.8 Å². The average Bonchev–Trinajstić information content (AvgIpc) is 2.22. The third kappa shape index (κ3) is 3.02. The summed E-state index contributed by atoms with van der Waals surface area (Å²) in [6, 6.07) is 0. The van der Waals surface area contributed by atoms with Crippen LogP contribution in [0.4, 0.5) is 13.2 Å². The summed E-state index contributed by atoms with van der Waals surface area (Å²) in [7, 11) is 0. The minimum atomic E-state index is -4.19. The molecule has 1 nitrogen and oxygen atoms in total. The minimum absolute atomic E-state index is 0.128. The zero-order chi connectivity index (χ0) is 12.5. The fraction of sp³-hybridized carbons (Fsp3) is 0.923. The van der Waals surface area contributed by atoms with Crippen molar-refractivity contribution in [3.63, 3.8) is 0 Å². The lowest BCUT2D eigenvalue weighted by atomic mass is 9.72. The van der Waals surface area contributed by atoms with Crippen LogP contribution in [0, 0.1) is 17.8 Å². The van der Waals surface area contributed by atoms with Crippen molar-refractivity contribution in [2.45, 2.75) is 57.5 Å². The summed E-state index contributed by atoms with van der Waals surface area (Å²) in [5.74, 6) is -1.87. The van der Waals surface area contributed by atoms with Gasteiger partial charge in [-0.3, -0.25) is 4.79 Å². The number of carbonyl (C=O) groups is 1. The van der Waals surface area contributed by atoms with E-state index in [0.29, 0.717) is 25.2 Å². The van der Waals surface area contributed by atoms with Crippen LogP contribution in [0.5, 0.6) is 0 Å². The van der Waals surface area contributed by atoms with Gasteiger partial charge in [0.05, 0.1) is 5.92 Å². The van der Waals surface area contributed by atoms with Crippen molar-refractivity contribution in [1.29, 1.82) is 0 Å². The van der Waals surface area contributed by atoms with E-state index >= 15 is 0 Å². The molecule has 98 valence electrons. The quantitative estimate of drug-likeness (QED) is 0.734. The molecule has 0 amide bonds. The van der Waals surface area contributed by atoms with Crippen molar-refractivity contribution in [3.8, 4) is 0 Å². The molecule has 0 aromatic rings. The van der Waals surface area contributed by atoms with Crippen molar-refractivity contribution < 1.29 is 18.0 Å². The third-order valence-electron chi connectivity index (χ3n) is 4.31. The Morgan fingerprint density at radius 2 is 1.65 bits per heavy atom. The Balaban J connectivity index is 1.97.